The zero-order valence-corrected chi connectivity index (χ0v) is 9.68. The molecule has 84 valence electrons. The van der Waals surface area contributed by atoms with Crippen LogP contribution in [0, 0.1) is 5.92 Å². The molecule has 2 amide bonds. The molecular formula is C10H16N2O2S. The van der Waals surface area contributed by atoms with E-state index in [1.54, 1.807) is 11.8 Å². The summed E-state index contributed by atoms with van der Waals surface area (Å²) in [7, 11) is 0. The molecule has 2 unspecified atom stereocenters. The maximum Gasteiger partial charge on any atom is 0.245 e. The van der Waals surface area contributed by atoms with Gasteiger partial charge in [0.15, 0.2) is 0 Å². The van der Waals surface area contributed by atoms with Crippen LogP contribution in [0.25, 0.3) is 0 Å². The van der Waals surface area contributed by atoms with Gasteiger partial charge in [-0.05, 0) is 30.8 Å². The number of rotatable bonds is 2. The number of carbonyl (C=O) groups excluding carboxylic acids is 2. The molecule has 0 spiro atoms. The highest BCUT2D eigenvalue weighted by molar-refractivity contribution is 7.99. The molecule has 0 radical (unpaired) electrons. The molecule has 0 aromatic rings. The van der Waals surface area contributed by atoms with Crippen LogP contribution in [0.3, 0.4) is 0 Å². The number of carbonyl (C=O) groups is 2. The van der Waals surface area contributed by atoms with Gasteiger partial charge >= 0.3 is 0 Å². The summed E-state index contributed by atoms with van der Waals surface area (Å²) in [6.07, 6.45) is 1.17. The molecule has 15 heavy (non-hydrogen) atoms. The third kappa shape index (κ3) is 2.45. The fourth-order valence-electron chi connectivity index (χ4n) is 2.07. The Hall–Kier alpha value is -0.710. The molecule has 0 aliphatic carbocycles. The van der Waals surface area contributed by atoms with Crippen LogP contribution in [-0.2, 0) is 9.59 Å². The van der Waals surface area contributed by atoms with Crippen molar-refractivity contribution in [1.82, 2.24) is 10.2 Å². The van der Waals surface area contributed by atoms with Gasteiger partial charge in [0, 0.05) is 6.54 Å². The second-order valence-electron chi connectivity index (χ2n) is 4.24. The van der Waals surface area contributed by atoms with Gasteiger partial charge < -0.3 is 10.2 Å². The van der Waals surface area contributed by atoms with E-state index < -0.39 is 0 Å². The van der Waals surface area contributed by atoms with Gasteiger partial charge in [0.1, 0.15) is 6.04 Å². The normalized spacial score (nSPS) is 31.9. The fraction of sp³-hybridized carbons (Fsp3) is 0.800. The third-order valence-corrected chi connectivity index (χ3v) is 4.13. The monoisotopic (exact) mass is 228 g/mol. The van der Waals surface area contributed by atoms with Crippen LogP contribution in [0.4, 0.5) is 0 Å². The van der Waals surface area contributed by atoms with Gasteiger partial charge in [0.2, 0.25) is 11.8 Å². The summed E-state index contributed by atoms with van der Waals surface area (Å²) in [6, 6.07) is -0.347. The first-order valence-corrected chi connectivity index (χ1v) is 6.48. The Morgan fingerprint density at radius 2 is 2.33 bits per heavy atom. The molecule has 0 saturated carbocycles. The zero-order chi connectivity index (χ0) is 10.8. The Morgan fingerprint density at radius 1 is 1.53 bits per heavy atom. The number of piperazine rings is 1. The van der Waals surface area contributed by atoms with E-state index in [4.69, 9.17) is 0 Å². The van der Waals surface area contributed by atoms with E-state index in [0.717, 1.165) is 12.3 Å². The molecular weight excluding hydrogens is 212 g/mol. The molecule has 2 fully saturated rings. The van der Waals surface area contributed by atoms with E-state index in [1.165, 1.54) is 12.2 Å². The second-order valence-corrected chi connectivity index (χ2v) is 5.39. The number of nitrogens with one attached hydrogen (secondary N) is 1. The molecule has 4 nitrogen and oxygen atoms in total. The van der Waals surface area contributed by atoms with Crippen molar-refractivity contribution in [3.05, 3.63) is 0 Å². The summed E-state index contributed by atoms with van der Waals surface area (Å²) >= 11 is 1.94. The largest absolute Gasteiger partial charge is 0.343 e. The molecule has 0 bridgehead atoms. The lowest BCUT2D eigenvalue weighted by Crippen LogP contribution is -2.57. The van der Waals surface area contributed by atoms with Crippen LogP contribution >= 0.6 is 11.8 Å². The summed E-state index contributed by atoms with van der Waals surface area (Å²) in [6.45, 7) is 2.74. The Balaban J connectivity index is 1.94. The topological polar surface area (TPSA) is 49.4 Å². The Kier molecular flexibility index (Phi) is 3.19. The maximum absolute atomic E-state index is 11.8. The molecule has 2 saturated heterocycles. The van der Waals surface area contributed by atoms with E-state index in [-0.39, 0.29) is 24.4 Å². The van der Waals surface area contributed by atoms with Gasteiger partial charge in [-0.3, -0.25) is 9.59 Å². The lowest BCUT2D eigenvalue weighted by Gasteiger charge is -2.32. The van der Waals surface area contributed by atoms with E-state index in [0.29, 0.717) is 5.92 Å². The smallest absolute Gasteiger partial charge is 0.245 e. The number of amides is 2. The first-order chi connectivity index (χ1) is 7.16. The minimum atomic E-state index is -0.347. The van der Waals surface area contributed by atoms with Crippen LogP contribution in [-0.4, -0.2) is 47.4 Å². The van der Waals surface area contributed by atoms with E-state index >= 15 is 0 Å². The lowest BCUT2D eigenvalue weighted by molar-refractivity contribution is -0.144. The van der Waals surface area contributed by atoms with Crippen molar-refractivity contribution in [1.29, 1.82) is 0 Å². The van der Waals surface area contributed by atoms with Gasteiger partial charge in [-0.2, -0.15) is 11.8 Å². The van der Waals surface area contributed by atoms with E-state index in [1.807, 2.05) is 11.8 Å². The van der Waals surface area contributed by atoms with Gasteiger partial charge in [0.05, 0.1) is 6.54 Å². The quantitative estimate of drug-likeness (QED) is 0.728. The van der Waals surface area contributed by atoms with Crippen molar-refractivity contribution in [2.24, 2.45) is 5.92 Å². The number of hydrogen-bond donors (Lipinski definition) is 1. The second kappa shape index (κ2) is 4.43. The van der Waals surface area contributed by atoms with Crippen molar-refractivity contribution < 1.29 is 9.59 Å². The number of thioether (sulfide) groups is 1. The highest BCUT2D eigenvalue weighted by Crippen LogP contribution is 2.24. The van der Waals surface area contributed by atoms with Crippen molar-refractivity contribution >= 4 is 23.6 Å². The minimum absolute atomic E-state index is 0.0345. The molecule has 1 N–H and O–H groups in total. The molecule has 2 aliphatic rings. The molecule has 2 atom stereocenters. The van der Waals surface area contributed by atoms with E-state index in [9.17, 15) is 9.59 Å². The minimum Gasteiger partial charge on any atom is -0.343 e. The molecule has 0 aromatic heterocycles. The zero-order valence-electron chi connectivity index (χ0n) is 8.86. The predicted octanol–water partition coefficient (Wildman–Crippen LogP) is 0.0864. The van der Waals surface area contributed by atoms with Crippen LogP contribution in [0.15, 0.2) is 0 Å². The first-order valence-electron chi connectivity index (χ1n) is 5.32. The number of hydrogen-bond acceptors (Lipinski definition) is 3. The van der Waals surface area contributed by atoms with Gasteiger partial charge in [-0.15, -0.1) is 0 Å². The molecule has 2 heterocycles. The van der Waals surface area contributed by atoms with Crippen molar-refractivity contribution in [3.63, 3.8) is 0 Å². The van der Waals surface area contributed by atoms with Crippen molar-refractivity contribution in [2.45, 2.75) is 19.4 Å². The van der Waals surface area contributed by atoms with Crippen LogP contribution < -0.4 is 5.32 Å². The molecule has 5 heteroatoms. The van der Waals surface area contributed by atoms with E-state index in [2.05, 4.69) is 5.32 Å². The molecule has 2 aliphatic heterocycles. The Labute approximate surface area is 93.8 Å². The summed E-state index contributed by atoms with van der Waals surface area (Å²) in [4.78, 5) is 24.8. The average molecular weight is 228 g/mol. The van der Waals surface area contributed by atoms with Gasteiger partial charge in [0.25, 0.3) is 0 Å². The van der Waals surface area contributed by atoms with Crippen LogP contribution in [0.1, 0.15) is 13.3 Å². The van der Waals surface area contributed by atoms with Crippen LogP contribution in [0.5, 0.6) is 0 Å². The number of nitrogens with zero attached hydrogens (tertiary/aromatic N) is 1. The Morgan fingerprint density at radius 3 is 3.00 bits per heavy atom. The molecule has 0 aromatic carbocycles. The van der Waals surface area contributed by atoms with Gasteiger partial charge in [-0.1, -0.05) is 0 Å². The summed E-state index contributed by atoms with van der Waals surface area (Å²) in [5.41, 5.74) is 0. The maximum atomic E-state index is 11.8. The SMILES string of the molecule is CC1NC(=O)CN(CC2CCSC2)C1=O. The van der Waals surface area contributed by atoms with Crippen LogP contribution in [0.2, 0.25) is 0 Å². The molecule has 2 rings (SSSR count). The Bertz CT molecular complexity index is 277. The standard InChI is InChI=1S/C10H16N2O2S/c1-7-10(14)12(5-9(13)11-7)4-8-2-3-15-6-8/h7-8H,2-6H2,1H3,(H,11,13). The summed E-state index contributed by atoms with van der Waals surface area (Å²) in [5.74, 6) is 2.92. The lowest BCUT2D eigenvalue weighted by atomic mass is 10.1. The van der Waals surface area contributed by atoms with Gasteiger partial charge in [-0.25, -0.2) is 0 Å². The average Bonchev–Trinajstić information content (AvgIpc) is 2.66. The summed E-state index contributed by atoms with van der Waals surface area (Å²) < 4.78 is 0. The fourth-order valence-corrected chi connectivity index (χ4v) is 3.34. The van der Waals surface area contributed by atoms with Crippen molar-refractivity contribution in [3.8, 4) is 0 Å². The summed E-state index contributed by atoms with van der Waals surface area (Å²) in [5, 5.41) is 2.65. The first kappa shape index (κ1) is 10.8. The third-order valence-electron chi connectivity index (χ3n) is 2.90. The van der Waals surface area contributed by atoms with Crippen molar-refractivity contribution in [2.75, 3.05) is 24.6 Å². The highest BCUT2D eigenvalue weighted by Gasteiger charge is 2.31. The predicted molar refractivity (Wildman–Crippen MR) is 59.6 cm³/mol. The highest BCUT2D eigenvalue weighted by atomic mass is 32.2.